The molecule has 0 amide bonds. The summed E-state index contributed by atoms with van der Waals surface area (Å²) in [6, 6.07) is 9.26. The van der Waals surface area contributed by atoms with Crippen LogP contribution >= 0.6 is 0 Å². The van der Waals surface area contributed by atoms with Crippen LogP contribution < -0.4 is 0 Å². The van der Waals surface area contributed by atoms with E-state index in [0.29, 0.717) is 12.0 Å². The molecule has 1 aromatic rings. The maximum atomic E-state index is 9.93. The minimum atomic E-state index is -0.370. The molecule has 0 aromatic heterocycles. The fourth-order valence-electron chi connectivity index (χ4n) is 4.60. The first-order valence-electron chi connectivity index (χ1n) is 9.80. The van der Waals surface area contributed by atoms with E-state index in [9.17, 15) is 5.11 Å². The van der Waals surface area contributed by atoms with Gasteiger partial charge in [0.2, 0.25) is 0 Å². The molecule has 1 N–H and O–H groups in total. The largest absolute Gasteiger partial charge is 0.389 e. The summed E-state index contributed by atoms with van der Waals surface area (Å²) < 4.78 is 5.04. The molecular weight excluding hydrogens is 312 g/mol. The Labute approximate surface area is 152 Å². The van der Waals surface area contributed by atoms with E-state index in [0.717, 1.165) is 32.7 Å². The number of rotatable bonds is 7. The Morgan fingerprint density at radius 2 is 1.64 bits per heavy atom. The molecule has 4 nitrogen and oxygen atoms in total. The van der Waals surface area contributed by atoms with Crippen LogP contribution in [0.1, 0.15) is 36.8 Å². The highest BCUT2D eigenvalue weighted by Gasteiger charge is 2.37. The summed E-state index contributed by atoms with van der Waals surface area (Å²) in [4.78, 5) is 5.01. The average molecular weight is 347 g/mol. The molecule has 3 rings (SSSR count). The number of ether oxygens (including phenoxy) is 1. The van der Waals surface area contributed by atoms with Crippen LogP contribution in [0.25, 0.3) is 0 Å². The number of nitrogens with zero attached hydrogens (tertiary/aromatic N) is 2. The lowest BCUT2D eigenvalue weighted by Gasteiger charge is -2.41. The zero-order valence-electron chi connectivity index (χ0n) is 15.9. The van der Waals surface area contributed by atoms with E-state index in [2.05, 4.69) is 41.0 Å². The lowest BCUT2D eigenvalue weighted by molar-refractivity contribution is 0.0212. The molecule has 2 fully saturated rings. The minimum absolute atomic E-state index is 0.353. The zero-order chi connectivity index (χ0) is 17.7. The zero-order valence-corrected chi connectivity index (χ0v) is 15.9. The smallest absolute Gasteiger partial charge is 0.0900 e. The fraction of sp³-hybridized carbons (Fsp3) is 0.714. The summed E-state index contributed by atoms with van der Waals surface area (Å²) in [5, 5.41) is 9.93. The molecule has 1 aliphatic carbocycles. The van der Waals surface area contributed by atoms with E-state index >= 15 is 0 Å². The number of aliphatic hydroxyl groups excluding tert-OH is 1. The van der Waals surface area contributed by atoms with E-state index in [1.165, 1.54) is 43.4 Å². The van der Waals surface area contributed by atoms with Crippen molar-refractivity contribution < 1.29 is 9.84 Å². The van der Waals surface area contributed by atoms with Crippen molar-refractivity contribution >= 4 is 0 Å². The van der Waals surface area contributed by atoms with Crippen LogP contribution in [0.15, 0.2) is 24.3 Å². The molecule has 1 unspecified atom stereocenters. The number of methoxy groups -OCH3 is 1. The third-order valence-electron chi connectivity index (χ3n) is 6.04. The van der Waals surface area contributed by atoms with Crippen LogP contribution in [0.2, 0.25) is 0 Å². The van der Waals surface area contributed by atoms with Gasteiger partial charge in [-0.3, -0.25) is 9.80 Å². The van der Waals surface area contributed by atoms with Gasteiger partial charge in [0.15, 0.2) is 0 Å². The van der Waals surface area contributed by atoms with Gasteiger partial charge in [0.25, 0.3) is 0 Å². The van der Waals surface area contributed by atoms with Gasteiger partial charge >= 0.3 is 0 Å². The molecule has 1 heterocycles. The number of aliphatic hydroxyl groups is 1. The van der Waals surface area contributed by atoms with Crippen molar-refractivity contribution in [2.45, 2.75) is 44.1 Å². The van der Waals surface area contributed by atoms with E-state index in [1.807, 2.05) is 0 Å². The highest BCUT2D eigenvalue weighted by molar-refractivity contribution is 5.30. The minimum Gasteiger partial charge on any atom is -0.389 e. The van der Waals surface area contributed by atoms with Crippen molar-refractivity contribution in [2.24, 2.45) is 0 Å². The normalized spacial score (nSPS) is 23.0. The van der Waals surface area contributed by atoms with Gasteiger partial charge in [0, 0.05) is 51.8 Å². The fourth-order valence-corrected chi connectivity index (χ4v) is 4.60. The summed E-state index contributed by atoms with van der Waals surface area (Å²) in [5.74, 6) is 0. The summed E-state index contributed by atoms with van der Waals surface area (Å²) in [7, 11) is 1.65. The average Bonchev–Trinajstić information content (AvgIpc) is 3.07. The van der Waals surface area contributed by atoms with E-state index < -0.39 is 0 Å². The molecule has 1 saturated heterocycles. The lowest BCUT2D eigenvalue weighted by Crippen LogP contribution is -2.52. The van der Waals surface area contributed by atoms with Crippen LogP contribution in [0.3, 0.4) is 0 Å². The molecule has 0 bridgehead atoms. The van der Waals surface area contributed by atoms with Crippen molar-refractivity contribution in [1.29, 1.82) is 0 Å². The maximum Gasteiger partial charge on any atom is 0.0900 e. The molecule has 0 radical (unpaired) electrons. The Hall–Kier alpha value is -0.940. The van der Waals surface area contributed by atoms with Gasteiger partial charge in [-0.25, -0.2) is 0 Å². The number of piperazine rings is 1. The third-order valence-corrected chi connectivity index (χ3v) is 6.04. The monoisotopic (exact) mass is 346 g/mol. The van der Waals surface area contributed by atoms with Gasteiger partial charge in [-0.15, -0.1) is 0 Å². The third kappa shape index (κ3) is 4.82. The van der Waals surface area contributed by atoms with Gasteiger partial charge in [-0.2, -0.15) is 0 Å². The van der Waals surface area contributed by atoms with Gasteiger partial charge in [-0.05, 0) is 25.3 Å². The first-order valence-corrected chi connectivity index (χ1v) is 9.80. The second kappa shape index (κ2) is 8.63. The molecule has 1 atom stereocenters. The van der Waals surface area contributed by atoms with Crippen molar-refractivity contribution in [3.05, 3.63) is 35.4 Å². The second-order valence-corrected chi connectivity index (χ2v) is 8.04. The van der Waals surface area contributed by atoms with Gasteiger partial charge in [-0.1, -0.05) is 42.7 Å². The number of β-amino-alcohol motifs (C(OH)–C–C–N with tert-alkyl or cyclic N) is 1. The number of hydrogen-bond acceptors (Lipinski definition) is 4. The van der Waals surface area contributed by atoms with E-state index in [1.54, 1.807) is 7.11 Å². The molecule has 1 aliphatic heterocycles. The van der Waals surface area contributed by atoms with E-state index in [4.69, 9.17) is 4.74 Å². The highest BCUT2D eigenvalue weighted by Crippen LogP contribution is 2.42. The van der Waals surface area contributed by atoms with Gasteiger partial charge in [0.1, 0.15) is 0 Å². The van der Waals surface area contributed by atoms with Crippen molar-refractivity contribution in [3.8, 4) is 0 Å². The van der Waals surface area contributed by atoms with Crippen molar-refractivity contribution in [2.75, 3.05) is 53.0 Å². The Bertz CT molecular complexity index is 517. The van der Waals surface area contributed by atoms with Crippen LogP contribution in [-0.4, -0.2) is 74.0 Å². The SMILES string of the molecule is COCC(O)CN1CCN(CC2(c3ccc(C)cc3)CCCC2)CC1. The van der Waals surface area contributed by atoms with Gasteiger partial charge in [0.05, 0.1) is 12.7 Å². The Kier molecular flexibility index (Phi) is 6.50. The summed E-state index contributed by atoms with van der Waals surface area (Å²) in [6.07, 6.45) is 4.99. The summed E-state index contributed by atoms with van der Waals surface area (Å²) in [6.45, 7) is 8.81. The Morgan fingerprint density at radius 1 is 1.04 bits per heavy atom. The van der Waals surface area contributed by atoms with Crippen LogP contribution in [0.5, 0.6) is 0 Å². The molecule has 140 valence electrons. The quantitative estimate of drug-likeness (QED) is 0.823. The van der Waals surface area contributed by atoms with Crippen LogP contribution in [-0.2, 0) is 10.2 Å². The van der Waals surface area contributed by atoms with Crippen molar-refractivity contribution in [1.82, 2.24) is 9.80 Å². The predicted molar refractivity (Wildman–Crippen MR) is 102 cm³/mol. The van der Waals surface area contributed by atoms with E-state index in [-0.39, 0.29) is 6.10 Å². The summed E-state index contributed by atoms with van der Waals surface area (Å²) in [5.41, 5.74) is 3.24. The Morgan fingerprint density at radius 3 is 2.24 bits per heavy atom. The second-order valence-electron chi connectivity index (χ2n) is 8.04. The topological polar surface area (TPSA) is 35.9 Å². The molecule has 0 spiro atoms. The molecule has 25 heavy (non-hydrogen) atoms. The molecule has 4 heteroatoms. The Balaban J connectivity index is 1.57. The summed E-state index contributed by atoms with van der Waals surface area (Å²) >= 11 is 0. The molecular formula is C21H34N2O2. The number of benzene rings is 1. The molecule has 1 saturated carbocycles. The molecule has 2 aliphatic rings. The molecule has 1 aromatic carbocycles. The highest BCUT2D eigenvalue weighted by atomic mass is 16.5. The predicted octanol–water partition coefficient (Wildman–Crippen LogP) is 2.43. The standard InChI is InChI=1S/C21H34N2O2/c1-18-5-7-19(8-6-18)21(9-3-4-10-21)17-23-13-11-22(12-14-23)15-20(24)16-25-2/h5-8,20,24H,3-4,9-17H2,1-2H3. The first kappa shape index (κ1) is 18.8. The van der Waals surface area contributed by atoms with Crippen molar-refractivity contribution in [3.63, 3.8) is 0 Å². The first-order chi connectivity index (χ1) is 12.1. The van der Waals surface area contributed by atoms with Crippen LogP contribution in [0, 0.1) is 6.92 Å². The maximum absolute atomic E-state index is 9.93. The van der Waals surface area contributed by atoms with Gasteiger partial charge < -0.3 is 9.84 Å². The van der Waals surface area contributed by atoms with Crippen LogP contribution in [0.4, 0.5) is 0 Å². The lowest BCUT2D eigenvalue weighted by atomic mass is 9.78. The number of aryl methyl sites for hydroxylation is 1. The number of hydrogen-bond donors (Lipinski definition) is 1.